The van der Waals surface area contributed by atoms with E-state index in [2.05, 4.69) is 24.9 Å². The molecule has 0 aliphatic heterocycles. The Labute approximate surface area is 79.6 Å². The van der Waals surface area contributed by atoms with Crippen LogP contribution >= 0.6 is 0 Å². The van der Waals surface area contributed by atoms with E-state index in [0.29, 0.717) is 0 Å². The monoisotopic (exact) mass is 179 g/mol. The van der Waals surface area contributed by atoms with E-state index in [4.69, 9.17) is 0 Å². The molecular formula is C11H17NO. The predicted octanol–water partition coefficient (Wildman–Crippen LogP) is 2.13. The second kappa shape index (κ2) is 3.88. The lowest BCUT2D eigenvalue weighted by molar-refractivity contribution is 0.156. The van der Waals surface area contributed by atoms with Crippen LogP contribution in [0.5, 0.6) is 0 Å². The Balaban J connectivity index is 2.81. The molecule has 0 amide bonds. The van der Waals surface area contributed by atoms with Crippen molar-refractivity contribution in [2.45, 2.75) is 38.7 Å². The van der Waals surface area contributed by atoms with Crippen molar-refractivity contribution in [1.29, 1.82) is 0 Å². The lowest BCUT2D eigenvalue weighted by Gasteiger charge is -2.26. The Kier molecular flexibility index (Phi) is 3.04. The van der Waals surface area contributed by atoms with Crippen LogP contribution in [0.2, 0.25) is 0 Å². The van der Waals surface area contributed by atoms with Crippen LogP contribution < -0.4 is 0 Å². The molecule has 1 aromatic heterocycles. The van der Waals surface area contributed by atoms with Crippen LogP contribution in [0.25, 0.3) is 0 Å². The SMILES string of the molecule is CC(O)CC(C)(C)c1cccnc1. The summed E-state index contributed by atoms with van der Waals surface area (Å²) in [4.78, 5) is 4.08. The molecule has 72 valence electrons. The van der Waals surface area contributed by atoms with E-state index < -0.39 is 0 Å². The third-order valence-corrected chi connectivity index (χ3v) is 2.25. The lowest BCUT2D eigenvalue weighted by atomic mass is 9.81. The zero-order valence-corrected chi connectivity index (χ0v) is 8.49. The highest BCUT2D eigenvalue weighted by molar-refractivity contribution is 5.19. The van der Waals surface area contributed by atoms with Gasteiger partial charge in [-0.15, -0.1) is 0 Å². The number of aromatic nitrogens is 1. The minimum atomic E-state index is -0.268. The molecule has 1 atom stereocenters. The average Bonchev–Trinajstić information content (AvgIpc) is 2.04. The van der Waals surface area contributed by atoms with Crippen LogP contribution in [0.15, 0.2) is 24.5 Å². The Morgan fingerprint density at radius 3 is 2.69 bits per heavy atom. The van der Waals surface area contributed by atoms with Gasteiger partial charge in [0.2, 0.25) is 0 Å². The van der Waals surface area contributed by atoms with Crippen molar-refractivity contribution < 1.29 is 5.11 Å². The van der Waals surface area contributed by atoms with Crippen molar-refractivity contribution in [2.24, 2.45) is 0 Å². The number of aliphatic hydroxyl groups is 1. The molecular weight excluding hydrogens is 162 g/mol. The molecule has 0 saturated heterocycles. The molecule has 0 aliphatic rings. The fraction of sp³-hybridized carbons (Fsp3) is 0.545. The normalized spacial score (nSPS) is 14.2. The van der Waals surface area contributed by atoms with Gasteiger partial charge in [-0.25, -0.2) is 0 Å². The van der Waals surface area contributed by atoms with Crippen molar-refractivity contribution in [3.63, 3.8) is 0 Å². The molecule has 0 fully saturated rings. The second-order valence-electron chi connectivity index (χ2n) is 4.18. The van der Waals surface area contributed by atoms with Crippen LogP contribution in [0.1, 0.15) is 32.8 Å². The van der Waals surface area contributed by atoms with Crippen molar-refractivity contribution in [3.05, 3.63) is 30.1 Å². The molecule has 2 nitrogen and oxygen atoms in total. The number of nitrogens with zero attached hydrogens (tertiary/aromatic N) is 1. The van der Waals surface area contributed by atoms with E-state index in [1.54, 1.807) is 6.20 Å². The number of pyridine rings is 1. The van der Waals surface area contributed by atoms with Gasteiger partial charge in [-0.3, -0.25) is 4.98 Å². The fourth-order valence-corrected chi connectivity index (χ4v) is 1.62. The summed E-state index contributed by atoms with van der Waals surface area (Å²) < 4.78 is 0. The summed E-state index contributed by atoms with van der Waals surface area (Å²) in [6.45, 7) is 6.06. The van der Waals surface area contributed by atoms with Gasteiger partial charge < -0.3 is 5.11 Å². The molecule has 1 aromatic rings. The van der Waals surface area contributed by atoms with Gasteiger partial charge in [0.25, 0.3) is 0 Å². The molecule has 0 bridgehead atoms. The van der Waals surface area contributed by atoms with Gasteiger partial charge in [0, 0.05) is 12.4 Å². The zero-order valence-electron chi connectivity index (χ0n) is 8.49. The van der Waals surface area contributed by atoms with E-state index in [9.17, 15) is 5.11 Å². The highest BCUT2D eigenvalue weighted by atomic mass is 16.3. The van der Waals surface area contributed by atoms with Gasteiger partial charge in [-0.1, -0.05) is 19.9 Å². The van der Waals surface area contributed by atoms with Crippen molar-refractivity contribution in [1.82, 2.24) is 4.98 Å². The number of hydrogen-bond acceptors (Lipinski definition) is 2. The van der Waals surface area contributed by atoms with Gasteiger partial charge in [0.1, 0.15) is 0 Å². The summed E-state index contributed by atoms with van der Waals surface area (Å²) in [6, 6.07) is 3.98. The van der Waals surface area contributed by atoms with Gasteiger partial charge in [-0.05, 0) is 30.4 Å². The maximum absolute atomic E-state index is 9.33. The largest absolute Gasteiger partial charge is 0.393 e. The molecule has 1 unspecified atom stereocenters. The van der Waals surface area contributed by atoms with Gasteiger partial charge in [-0.2, -0.15) is 0 Å². The molecule has 0 aliphatic carbocycles. The van der Waals surface area contributed by atoms with Crippen LogP contribution in [0.3, 0.4) is 0 Å². The molecule has 1 heterocycles. The summed E-state index contributed by atoms with van der Waals surface area (Å²) >= 11 is 0. The third kappa shape index (κ3) is 2.81. The number of hydrogen-bond donors (Lipinski definition) is 1. The first-order chi connectivity index (χ1) is 6.02. The highest BCUT2D eigenvalue weighted by Gasteiger charge is 2.22. The van der Waals surface area contributed by atoms with E-state index in [-0.39, 0.29) is 11.5 Å². The summed E-state index contributed by atoms with van der Waals surface area (Å²) in [6.07, 6.45) is 4.12. The summed E-state index contributed by atoms with van der Waals surface area (Å²) in [5, 5.41) is 9.33. The summed E-state index contributed by atoms with van der Waals surface area (Å²) in [5.41, 5.74) is 1.18. The van der Waals surface area contributed by atoms with Crippen molar-refractivity contribution >= 4 is 0 Å². The van der Waals surface area contributed by atoms with Crippen molar-refractivity contribution in [2.75, 3.05) is 0 Å². The Bertz CT molecular complexity index is 254. The number of aliphatic hydroxyl groups excluding tert-OH is 1. The predicted molar refractivity (Wildman–Crippen MR) is 53.6 cm³/mol. The van der Waals surface area contributed by atoms with E-state index in [0.717, 1.165) is 6.42 Å². The lowest BCUT2D eigenvalue weighted by Crippen LogP contribution is -2.22. The first-order valence-corrected chi connectivity index (χ1v) is 4.61. The van der Waals surface area contributed by atoms with Gasteiger partial charge in [0.15, 0.2) is 0 Å². The molecule has 1 N–H and O–H groups in total. The molecule has 2 heteroatoms. The Hall–Kier alpha value is -0.890. The molecule has 0 aromatic carbocycles. The zero-order chi connectivity index (χ0) is 9.90. The maximum Gasteiger partial charge on any atom is 0.0520 e. The molecule has 0 saturated carbocycles. The Morgan fingerprint density at radius 1 is 1.54 bits per heavy atom. The second-order valence-corrected chi connectivity index (χ2v) is 4.18. The molecule has 1 rings (SSSR count). The fourth-order valence-electron chi connectivity index (χ4n) is 1.62. The summed E-state index contributed by atoms with van der Waals surface area (Å²) in [7, 11) is 0. The Morgan fingerprint density at radius 2 is 2.23 bits per heavy atom. The van der Waals surface area contributed by atoms with Gasteiger partial charge >= 0.3 is 0 Å². The summed E-state index contributed by atoms with van der Waals surface area (Å²) in [5.74, 6) is 0. The minimum absolute atomic E-state index is 0.00241. The average molecular weight is 179 g/mol. The van der Waals surface area contributed by atoms with E-state index in [1.807, 2.05) is 19.2 Å². The molecule has 0 spiro atoms. The smallest absolute Gasteiger partial charge is 0.0520 e. The minimum Gasteiger partial charge on any atom is -0.393 e. The van der Waals surface area contributed by atoms with Crippen molar-refractivity contribution in [3.8, 4) is 0 Å². The van der Waals surface area contributed by atoms with Crippen LogP contribution in [-0.2, 0) is 5.41 Å². The maximum atomic E-state index is 9.33. The van der Waals surface area contributed by atoms with E-state index >= 15 is 0 Å². The first kappa shape index (κ1) is 10.2. The molecule has 13 heavy (non-hydrogen) atoms. The number of rotatable bonds is 3. The topological polar surface area (TPSA) is 33.1 Å². The van der Waals surface area contributed by atoms with Crippen LogP contribution in [0.4, 0.5) is 0 Å². The third-order valence-electron chi connectivity index (χ3n) is 2.25. The van der Waals surface area contributed by atoms with Gasteiger partial charge in [0.05, 0.1) is 6.10 Å². The molecule has 0 radical (unpaired) electrons. The highest BCUT2D eigenvalue weighted by Crippen LogP contribution is 2.27. The van der Waals surface area contributed by atoms with Crippen LogP contribution in [-0.4, -0.2) is 16.2 Å². The standard InChI is InChI=1S/C11H17NO/c1-9(13)7-11(2,3)10-5-4-6-12-8-10/h4-6,8-9,13H,7H2,1-3H3. The first-order valence-electron chi connectivity index (χ1n) is 4.61. The van der Waals surface area contributed by atoms with E-state index in [1.165, 1.54) is 5.56 Å². The quantitative estimate of drug-likeness (QED) is 0.771. The van der Waals surface area contributed by atoms with Crippen LogP contribution in [0, 0.1) is 0 Å².